The lowest BCUT2D eigenvalue weighted by atomic mass is 10.1. The molecule has 0 unspecified atom stereocenters. The number of benzene rings is 2. The quantitative estimate of drug-likeness (QED) is 0.773. The number of anilines is 2. The number of hydrogen-bond donors (Lipinski definition) is 2. The third-order valence-corrected chi connectivity index (χ3v) is 5.00. The predicted molar refractivity (Wildman–Crippen MR) is 105 cm³/mol. The zero-order valence-electron chi connectivity index (χ0n) is 16.3. The van der Waals surface area contributed by atoms with Gasteiger partial charge in [0.15, 0.2) is 0 Å². The lowest BCUT2D eigenvalue weighted by Crippen LogP contribution is -3.15. The van der Waals surface area contributed by atoms with Gasteiger partial charge in [0.25, 0.3) is 0 Å². The molecular formula is C21H25F3N3O2+. The number of nitrogens with one attached hydrogen (secondary N) is 2. The first kappa shape index (κ1) is 21.0. The Morgan fingerprint density at radius 3 is 2.38 bits per heavy atom. The minimum Gasteiger partial charge on any atom is -0.406 e. The molecule has 0 saturated carbocycles. The standard InChI is InChI=1S/C21H24F3N3O2/c1-16-4-2-3-5-19(16)27-14-12-26(13-15-27)11-10-20(28)25-17-6-8-18(9-7-17)29-21(22,23)24/h2-9H,10-15H2,1H3,(H,25,28)/p+1. The largest absolute Gasteiger partial charge is 0.573 e. The van der Waals surface area contributed by atoms with Crippen molar-refractivity contribution in [3.63, 3.8) is 0 Å². The van der Waals surface area contributed by atoms with E-state index in [-0.39, 0.29) is 11.7 Å². The highest BCUT2D eigenvalue weighted by atomic mass is 19.4. The summed E-state index contributed by atoms with van der Waals surface area (Å²) >= 11 is 0. The van der Waals surface area contributed by atoms with Crippen LogP contribution in [0.4, 0.5) is 24.5 Å². The maximum Gasteiger partial charge on any atom is 0.573 e. The van der Waals surface area contributed by atoms with Gasteiger partial charge in [0, 0.05) is 11.4 Å². The fourth-order valence-electron chi connectivity index (χ4n) is 3.49. The van der Waals surface area contributed by atoms with Crippen LogP contribution in [-0.2, 0) is 4.79 Å². The second-order valence-electron chi connectivity index (χ2n) is 7.14. The fraction of sp³-hybridized carbons (Fsp3) is 0.381. The van der Waals surface area contributed by atoms with E-state index in [1.54, 1.807) is 0 Å². The summed E-state index contributed by atoms with van der Waals surface area (Å²) in [5.41, 5.74) is 2.98. The minimum absolute atomic E-state index is 0.150. The Balaban J connectivity index is 1.41. The van der Waals surface area contributed by atoms with Gasteiger partial charge in [0.2, 0.25) is 5.91 Å². The van der Waals surface area contributed by atoms with Gasteiger partial charge in [-0.2, -0.15) is 0 Å². The SMILES string of the molecule is Cc1ccccc1N1CC[NH+](CCC(=O)Nc2ccc(OC(F)(F)F)cc2)CC1. The van der Waals surface area contributed by atoms with Crippen LogP contribution in [0.25, 0.3) is 0 Å². The van der Waals surface area contributed by atoms with E-state index >= 15 is 0 Å². The van der Waals surface area contributed by atoms with Crippen LogP contribution in [0.1, 0.15) is 12.0 Å². The van der Waals surface area contributed by atoms with E-state index in [1.165, 1.54) is 40.4 Å². The molecule has 29 heavy (non-hydrogen) atoms. The maximum atomic E-state index is 12.2. The highest BCUT2D eigenvalue weighted by Crippen LogP contribution is 2.24. The molecule has 3 rings (SSSR count). The number of carbonyl (C=O) groups excluding carboxylic acids is 1. The van der Waals surface area contributed by atoms with Crippen molar-refractivity contribution in [2.24, 2.45) is 0 Å². The van der Waals surface area contributed by atoms with E-state index in [9.17, 15) is 18.0 Å². The molecule has 0 spiro atoms. The molecule has 156 valence electrons. The Kier molecular flexibility index (Phi) is 6.64. The zero-order valence-corrected chi connectivity index (χ0v) is 16.3. The average Bonchev–Trinajstić information content (AvgIpc) is 2.68. The van der Waals surface area contributed by atoms with Crippen LogP contribution < -0.4 is 19.9 Å². The summed E-state index contributed by atoms with van der Waals surface area (Å²) in [6, 6.07) is 13.5. The number of para-hydroxylation sites is 1. The molecule has 0 aliphatic carbocycles. The van der Waals surface area contributed by atoms with Gasteiger partial charge in [-0.05, 0) is 42.8 Å². The van der Waals surface area contributed by atoms with E-state index in [1.807, 2.05) is 12.1 Å². The van der Waals surface area contributed by atoms with E-state index < -0.39 is 6.36 Å². The van der Waals surface area contributed by atoms with Crippen molar-refractivity contribution in [2.75, 3.05) is 42.9 Å². The second-order valence-corrected chi connectivity index (χ2v) is 7.14. The van der Waals surface area contributed by atoms with Crippen LogP contribution in [-0.4, -0.2) is 45.0 Å². The molecule has 0 aromatic heterocycles. The molecule has 2 aromatic carbocycles. The summed E-state index contributed by atoms with van der Waals surface area (Å²) in [5.74, 6) is -0.463. The Hall–Kier alpha value is -2.74. The fourth-order valence-corrected chi connectivity index (χ4v) is 3.49. The number of hydrogen-bond acceptors (Lipinski definition) is 3. The Bertz CT molecular complexity index is 817. The van der Waals surface area contributed by atoms with Crippen molar-refractivity contribution < 1.29 is 27.6 Å². The summed E-state index contributed by atoms with van der Waals surface area (Å²) < 4.78 is 40.3. The lowest BCUT2D eigenvalue weighted by Gasteiger charge is -2.34. The molecule has 8 heteroatoms. The predicted octanol–water partition coefficient (Wildman–Crippen LogP) is 2.63. The first-order valence-corrected chi connectivity index (χ1v) is 9.60. The number of rotatable bonds is 6. The highest BCUT2D eigenvalue weighted by molar-refractivity contribution is 5.90. The van der Waals surface area contributed by atoms with E-state index in [0.29, 0.717) is 12.1 Å². The van der Waals surface area contributed by atoms with Gasteiger partial charge in [-0.1, -0.05) is 18.2 Å². The summed E-state index contributed by atoms with van der Waals surface area (Å²) in [5, 5.41) is 2.71. The molecule has 0 radical (unpaired) electrons. The number of piperazine rings is 1. The number of amides is 1. The number of ether oxygens (including phenoxy) is 1. The second kappa shape index (κ2) is 9.17. The zero-order chi connectivity index (χ0) is 20.9. The molecule has 5 nitrogen and oxygen atoms in total. The van der Waals surface area contributed by atoms with Crippen molar-refractivity contribution in [3.05, 3.63) is 54.1 Å². The number of nitrogens with zero attached hydrogens (tertiary/aromatic N) is 1. The molecule has 0 bridgehead atoms. The molecule has 2 N–H and O–H groups in total. The number of quaternary nitrogens is 1. The monoisotopic (exact) mass is 408 g/mol. The van der Waals surface area contributed by atoms with Gasteiger partial charge in [0.05, 0.1) is 39.1 Å². The molecule has 2 aromatic rings. The summed E-state index contributed by atoms with van der Waals surface area (Å²) in [7, 11) is 0. The van der Waals surface area contributed by atoms with Crippen LogP contribution >= 0.6 is 0 Å². The summed E-state index contributed by atoms with van der Waals surface area (Å²) in [6.45, 7) is 6.66. The Morgan fingerprint density at radius 2 is 1.76 bits per heavy atom. The van der Waals surface area contributed by atoms with Gasteiger partial charge in [-0.25, -0.2) is 0 Å². The molecule has 1 aliphatic rings. The van der Waals surface area contributed by atoms with Gasteiger partial charge < -0.3 is 19.9 Å². The van der Waals surface area contributed by atoms with Crippen molar-refractivity contribution in [1.29, 1.82) is 0 Å². The first-order valence-electron chi connectivity index (χ1n) is 9.60. The molecule has 1 fully saturated rings. The van der Waals surface area contributed by atoms with Crippen LogP contribution in [0, 0.1) is 6.92 Å². The average molecular weight is 408 g/mol. The number of halogens is 3. The topological polar surface area (TPSA) is 46.0 Å². The van der Waals surface area contributed by atoms with Gasteiger partial charge in [-0.15, -0.1) is 13.2 Å². The lowest BCUT2D eigenvalue weighted by molar-refractivity contribution is -0.900. The molecule has 1 aliphatic heterocycles. The molecule has 1 heterocycles. The van der Waals surface area contributed by atoms with Crippen LogP contribution in [0.3, 0.4) is 0 Å². The van der Waals surface area contributed by atoms with Crippen molar-refractivity contribution >= 4 is 17.3 Å². The molecule has 1 amide bonds. The van der Waals surface area contributed by atoms with Crippen molar-refractivity contribution in [2.45, 2.75) is 19.7 Å². The number of alkyl halides is 3. The van der Waals surface area contributed by atoms with E-state index in [2.05, 4.69) is 34.0 Å². The molecular weight excluding hydrogens is 383 g/mol. The number of carbonyl (C=O) groups is 1. The molecule has 1 saturated heterocycles. The van der Waals surface area contributed by atoms with Gasteiger partial charge >= 0.3 is 6.36 Å². The maximum absolute atomic E-state index is 12.2. The van der Waals surface area contributed by atoms with Crippen molar-refractivity contribution in [3.8, 4) is 5.75 Å². The third-order valence-electron chi connectivity index (χ3n) is 5.00. The highest BCUT2D eigenvalue weighted by Gasteiger charge is 2.31. The van der Waals surface area contributed by atoms with E-state index in [0.717, 1.165) is 32.7 Å². The van der Waals surface area contributed by atoms with Crippen LogP contribution in [0.15, 0.2) is 48.5 Å². The third kappa shape index (κ3) is 6.39. The van der Waals surface area contributed by atoms with Crippen LogP contribution in [0.5, 0.6) is 5.75 Å². The van der Waals surface area contributed by atoms with Crippen LogP contribution in [0.2, 0.25) is 0 Å². The first-order chi connectivity index (χ1) is 13.8. The van der Waals surface area contributed by atoms with Crippen molar-refractivity contribution in [1.82, 2.24) is 0 Å². The summed E-state index contributed by atoms with van der Waals surface area (Å²) in [4.78, 5) is 15.9. The smallest absolute Gasteiger partial charge is 0.406 e. The summed E-state index contributed by atoms with van der Waals surface area (Å²) in [6.07, 6.45) is -4.36. The minimum atomic E-state index is -4.73. The Morgan fingerprint density at radius 1 is 1.10 bits per heavy atom. The molecule has 0 atom stereocenters. The normalized spacial score (nSPS) is 15.2. The number of aryl methyl sites for hydroxylation is 1. The van der Waals surface area contributed by atoms with Gasteiger partial charge in [-0.3, -0.25) is 4.79 Å². The van der Waals surface area contributed by atoms with Gasteiger partial charge in [0.1, 0.15) is 5.75 Å². The Labute approximate surface area is 168 Å². The van der Waals surface area contributed by atoms with E-state index in [4.69, 9.17) is 0 Å².